The predicted molar refractivity (Wildman–Crippen MR) is 71.9 cm³/mol. The van der Waals surface area contributed by atoms with Gasteiger partial charge in [-0.25, -0.2) is 8.42 Å². The highest BCUT2D eigenvalue weighted by molar-refractivity contribution is 7.90. The first-order valence-electron chi connectivity index (χ1n) is 6.59. The van der Waals surface area contributed by atoms with Gasteiger partial charge in [-0.15, -0.1) is 0 Å². The molecule has 0 saturated carbocycles. The maximum Gasteiger partial charge on any atom is 0.239 e. The van der Waals surface area contributed by atoms with E-state index in [4.69, 9.17) is 5.73 Å². The Morgan fingerprint density at radius 3 is 2.67 bits per heavy atom. The van der Waals surface area contributed by atoms with Gasteiger partial charge >= 0.3 is 0 Å². The fourth-order valence-corrected chi connectivity index (χ4v) is 3.07. The van der Waals surface area contributed by atoms with Gasteiger partial charge in [0.1, 0.15) is 9.84 Å². The summed E-state index contributed by atoms with van der Waals surface area (Å²) in [4.78, 5) is 14.0. The molecular weight excluding hydrogens is 252 g/mol. The quantitative estimate of drug-likeness (QED) is 0.794. The summed E-state index contributed by atoms with van der Waals surface area (Å²) in [7, 11) is -3.05. The number of likely N-dealkylation sites (tertiary alicyclic amines) is 1. The van der Waals surface area contributed by atoms with E-state index in [-0.39, 0.29) is 24.1 Å². The molecule has 1 rings (SSSR count). The number of carbonyl (C=O) groups is 1. The molecule has 0 aromatic rings. The van der Waals surface area contributed by atoms with Crippen molar-refractivity contribution in [2.24, 2.45) is 5.73 Å². The second kappa shape index (κ2) is 6.52. The number of carbonyl (C=O) groups excluding carboxylic acids is 1. The summed E-state index contributed by atoms with van der Waals surface area (Å²) in [5, 5.41) is 0. The zero-order valence-electron chi connectivity index (χ0n) is 11.3. The number of sulfone groups is 1. The molecule has 1 fully saturated rings. The van der Waals surface area contributed by atoms with Crippen LogP contribution in [0.3, 0.4) is 0 Å². The summed E-state index contributed by atoms with van der Waals surface area (Å²) in [6, 6.07) is -0.414. The lowest BCUT2D eigenvalue weighted by molar-refractivity contribution is -0.136. The Hall–Kier alpha value is -0.620. The molecule has 1 amide bonds. The third kappa shape index (κ3) is 4.57. The van der Waals surface area contributed by atoms with E-state index in [2.05, 4.69) is 6.92 Å². The number of amides is 1. The van der Waals surface area contributed by atoms with Crippen molar-refractivity contribution in [1.29, 1.82) is 0 Å². The van der Waals surface area contributed by atoms with Crippen molar-refractivity contribution in [2.75, 3.05) is 18.6 Å². The van der Waals surface area contributed by atoms with Crippen molar-refractivity contribution in [3.05, 3.63) is 0 Å². The minimum atomic E-state index is -3.05. The highest BCUT2D eigenvalue weighted by Gasteiger charge is 2.29. The van der Waals surface area contributed by atoms with Gasteiger partial charge in [-0.2, -0.15) is 0 Å². The molecule has 1 heterocycles. The van der Waals surface area contributed by atoms with Crippen molar-refractivity contribution in [3.63, 3.8) is 0 Å². The molecule has 6 heteroatoms. The smallest absolute Gasteiger partial charge is 0.239 e. The molecule has 0 bridgehead atoms. The fraction of sp³-hybridized carbons (Fsp3) is 0.917. The van der Waals surface area contributed by atoms with Crippen LogP contribution in [0.1, 0.15) is 39.0 Å². The van der Waals surface area contributed by atoms with E-state index in [1.807, 2.05) is 4.90 Å². The molecule has 0 aliphatic carbocycles. The number of hydrogen-bond acceptors (Lipinski definition) is 4. The molecule has 2 unspecified atom stereocenters. The van der Waals surface area contributed by atoms with Crippen LogP contribution in [0.4, 0.5) is 0 Å². The average molecular weight is 276 g/mol. The van der Waals surface area contributed by atoms with E-state index < -0.39 is 15.9 Å². The molecule has 5 nitrogen and oxygen atoms in total. The van der Waals surface area contributed by atoms with Gasteiger partial charge in [0.25, 0.3) is 0 Å². The third-order valence-corrected chi connectivity index (χ3v) is 4.48. The van der Waals surface area contributed by atoms with Crippen LogP contribution in [0.2, 0.25) is 0 Å². The van der Waals surface area contributed by atoms with Gasteiger partial charge < -0.3 is 10.6 Å². The molecule has 1 aliphatic rings. The second-order valence-corrected chi connectivity index (χ2v) is 7.37. The highest BCUT2D eigenvalue weighted by atomic mass is 32.2. The van der Waals surface area contributed by atoms with Crippen LogP contribution in [0.25, 0.3) is 0 Å². The molecule has 0 aromatic heterocycles. The van der Waals surface area contributed by atoms with E-state index in [1.165, 1.54) is 6.26 Å². The second-order valence-electron chi connectivity index (χ2n) is 5.11. The summed E-state index contributed by atoms with van der Waals surface area (Å²) < 4.78 is 22.1. The Balaban J connectivity index is 2.56. The van der Waals surface area contributed by atoms with Crippen molar-refractivity contribution >= 4 is 15.7 Å². The Kier molecular flexibility index (Phi) is 5.59. The van der Waals surface area contributed by atoms with Gasteiger partial charge in [0, 0.05) is 18.8 Å². The normalized spacial score (nSPS) is 22.8. The third-order valence-electron chi connectivity index (χ3n) is 3.50. The Labute approximate surface area is 110 Å². The van der Waals surface area contributed by atoms with Crippen LogP contribution in [-0.4, -0.2) is 49.9 Å². The minimum absolute atomic E-state index is 0.0233. The van der Waals surface area contributed by atoms with Crippen molar-refractivity contribution in [2.45, 2.75) is 51.1 Å². The first kappa shape index (κ1) is 15.4. The molecule has 18 heavy (non-hydrogen) atoms. The summed E-state index contributed by atoms with van der Waals surface area (Å²) in [5.74, 6) is -0.116. The van der Waals surface area contributed by atoms with E-state index in [1.54, 1.807) is 0 Å². The van der Waals surface area contributed by atoms with Crippen LogP contribution < -0.4 is 5.73 Å². The lowest BCUT2D eigenvalue weighted by atomic mass is 9.99. The van der Waals surface area contributed by atoms with Crippen LogP contribution >= 0.6 is 0 Å². The standard InChI is InChI=1S/C12H24N2O3S/c1-3-10-6-4-5-8-14(10)12(15)11(13)7-9-18(2,16)17/h10-11H,3-9,13H2,1-2H3. The summed E-state index contributed by atoms with van der Waals surface area (Å²) >= 11 is 0. The summed E-state index contributed by atoms with van der Waals surface area (Å²) in [6.07, 6.45) is 5.51. The zero-order valence-corrected chi connectivity index (χ0v) is 12.1. The highest BCUT2D eigenvalue weighted by Crippen LogP contribution is 2.20. The minimum Gasteiger partial charge on any atom is -0.338 e. The maximum atomic E-state index is 12.2. The van der Waals surface area contributed by atoms with Crippen molar-refractivity contribution in [3.8, 4) is 0 Å². The van der Waals surface area contributed by atoms with Gasteiger partial charge in [0.2, 0.25) is 5.91 Å². The van der Waals surface area contributed by atoms with Gasteiger partial charge in [-0.05, 0) is 32.1 Å². The number of hydrogen-bond donors (Lipinski definition) is 1. The van der Waals surface area contributed by atoms with E-state index in [0.29, 0.717) is 0 Å². The largest absolute Gasteiger partial charge is 0.338 e. The Morgan fingerprint density at radius 2 is 2.11 bits per heavy atom. The van der Waals surface area contributed by atoms with Gasteiger partial charge in [0.15, 0.2) is 0 Å². The molecule has 1 saturated heterocycles. The maximum absolute atomic E-state index is 12.2. The van der Waals surface area contributed by atoms with E-state index >= 15 is 0 Å². The average Bonchev–Trinajstić information content (AvgIpc) is 2.34. The molecular formula is C12H24N2O3S. The number of nitrogens with zero attached hydrogens (tertiary/aromatic N) is 1. The molecule has 0 aromatic carbocycles. The van der Waals surface area contributed by atoms with Crippen molar-refractivity contribution in [1.82, 2.24) is 4.90 Å². The fourth-order valence-electron chi connectivity index (χ4n) is 2.39. The first-order valence-corrected chi connectivity index (χ1v) is 8.65. The Morgan fingerprint density at radius 1 is 1.44 bits per heavy atom. The van der Waals surface area contributed by atoms with Gasteiger partial charge in [-0.3, -0.25) is 4.79 Å². The predicted octanol–water partition coefficient (Wildman–Crippen LogP) is 0.540. The topological polar surface area (TPSA) is 80.5 Å². The SMILES string of the molecule is CCC1CCCCN1C(=O)C(N)CCS(C)(=O)=O. The number of rotatable bonds is 5. The van der Waals surface area contributed by atoms with Crippen LogP contribution in [-0.2, 0) is 14.6 Å². The molecule has 0 spiro atoms. The lowest BCUT2D eigenvalue weighted by Gasteiger charge is -2.36. The van der Waals surface area contributed by atoms with Crippen LogP contribution in [0, 0.1) is 0 Å². The number of nitrogens with two attached hydrogens (primary N) is 1. The van der Waals surface area contributed by atoms with E-state index in [0.717, 1.165) is 32.2 Å². The molecule has 0 radical (unpaired) electrons. The van der Waals surface area contributed by atoms with Crippen molar-refractivity contribution < 1.29 is 13.2 Å². The molecule has 106 valence electrons. The summed E-state index contributed by atoms with van der Waals surface area (Å²) in [6.45, 7) is 2.82. The van der Waals surface area contributed by atoms with E-state index in [9.17, 15) is 13.2 Å². The monoisotopic (exact) mass is 276 g/mol. The lowest BCUT2D eigenvalue weighted by Crippen LogP contribution is -2.51. The van der Waals surface area contributed by atoms with Crippen LogP contribution in [0.5, 0.6) is 0 Å². The summed E-state index contributed by atoms with van der Waals surface area (Å²) in [5.41, 5.74) is 5.82. The van der Waals surface area contributed by atoms with Gasteiger partial charge in [0.05, 0.1) is 11.8 Å². The Bertz CT molecular complexity index is 381. The molecule has 2 atom stereocenters. The molecule has 1 aliphatic heterocycles. The van der Waals surface area contributed by atoms with Gasteiger partial charge in [-0.1, -0.05) is 6.92 Å². The van der Waals surface area contributed by atoms with Crippen LogP contribution in [0.15, 0.2) is 0 Å². The first-order chi connectivity index (χ1) is 8.35. The zero-order chi connectivity index (χ0) is 13.8. The number of piperidine rings is 1. The molecule has 2 N–H and O–H groups in total.